The molecule has 0 unspecified atom stereocenters. The molecule has 0 fully saturated rings. The van der Waals surface area contributed by atoms with Gasteiger partial charge in [0, 0.05) is 13.6 Å². The molecule has 1 aromatic rings. The number of rotatable bonds is 5. The predicted octanol–water partition coefficient (Wildman–Crippen LogP) is 1.77. The molecule has 0 aliphatic carbocycles. The summed E-state index contributed by atoms with van der Waals surface area (Å²) in [5.74, 6) is 0.461. The van der Waals surface area contributed by atoms with Crippen molar-refractivity contribution in [3.63, 3.8) is 0 Å². The van der Waals surface area contributed by atoms with Crippen LogP contribution in [0.5, 0.6) is 5.75 Å². The van der Waals surface area contributed by atoms with Crippen molar-refractivity contribution in [3.8, 4) is 5.75 Å². The maximum Gasteiger partial charge on any atom is 0.232 e. The molecule has 0 saturated carbocycles. The number of halogens is 1. The molecule has 0 spiro atoms. The number of benzene rings is 1. The van der Waals surface area contributed by atoms with Crippen LogP contribution < -0.4 is 4.74 Å². The van der Waals surface area contributed by atoms with Crippen LogP contribution in [0.3, 0.4) is 0 Å². The molecule has 17 heavy (non-hydrogen) atoms. The van der Waals surface area contributed by atoms with Crippen molar-refractivity contribution >= 4 is 18.5 Å². The molecule has 0 aromatic heterocycles. The van der Waals surface area contributed by atoms with Gasteiger partial charge in [0.25, 0.3) is 0 Å². The lowest BCUT2D eigenvalue weighted by Crippen LogP contribution is -2.29. The normalized spacial score (nSPS) is 10.1. The average molecular weight is 257 g/mol. The Hall–Kier alpha value is -1.23. The van der Waals surface area contributed by atoms with E-state index in [1.165, 1.54) is 12.1 Å². The van der Waals surface area contributed by atoms with Crippen molar-refractivity contribution in [3.05, 3.63) is 29.6 Å². The molecule has 0 aliphatic rings. The van der Waals surface area contributed by atoms with E-state index in [4.69, 9.17) is 4.74 Å². The number of hydrogen-bond donors (Lipinski definition) is 1. The number of carbonyl (C=O) groups excluding carboxylic acids is 1. The molecule has 0 heterocycles. The summed E-state index contributed by atoms with van der Waals surface area (Å²) in [6.07, 6.45) is 0.553. The smallest absolute Gasteiger partial charge is 0.232 e. The van der Waals surface area contributed by atoms with E-state index in [0.717, 1.165) is 5.56 Å². The second-order valence-electron chi connectivity index (χ2n) is 3.68. The fraction of sp³-hybridized carbons (Fsp3) is 0.417. The van der Waals surface area contributed by atoms with E-state index in [2.05, 4.69) is 12.6 Å². The molecule has 0 aliphatic heterocycles. The van der Waals surface area contributed by atoms with Gasteiger partial charge in [-0.15, -0.1) is 0 Å². The summed E-state index contributed by atoms with van der Waals surface area (Å²) in [7, 11) is 3.24. The zero-order chi connectivity index (χ0) is 12.8. The molecule has 0 radical (unpaired) electrons. The minimum atomic E-state index is -0.302. The predicted molar refractivity (Wildman–Crippen MR) is 68.1 cm³/mol. The topological polar surface area (TPSA) is 29.5 Å². The molecule has 0 atom stereocenters. The first-order valence-electron chi connectivity index (χ1n) is 5.25. The lowest BCUT2D eigenvalue weighted by molar-refractivity contribution is -0.127. The molecule has 0 N–H and O–H groups in total. The molecule has 0 saturated heterocycles. The van der Waals surface area contributed by atoms with Gasteiger partial charge in [0.05, 0.1) is 12.9 Å². The maximum absolute atomic E-state index is 13.1. The van der Waals surface area contributed by atoms with E-state index >= 15 is 0 Å². The zero-order valence-corrected chi connectivity index (χ0v) is 10.8. The van der Waals surface area contributed by atoms with Crippen LogP contribution in [0.4, 0.5) is 4.39 Å². The van der Waals surface area contributed by atoms with Gasteiger partial charge in [-0.25, -0.2) is 4.39 Å². The summed E-state index contributed by atoms with van der Waals surface area (Å²) < 4.78 is 18.2. The van der Waals surface area contributed by atoms with Gasteiger partial charge in [-0.2, -0.15) is 12.6 Å². The molecule has 3 nitrogen and oxygen atoms in total. The van der Waals surface area contributed by atoms with E-state index in [0.29, 0.717) is 18.7 Å². The van der Waals surface area contributed by atoms with Gasteiger partial charge >= 0.3 is 0 Å². The third kappa shape index (κ3) is 3.93. The summed E-state index contributed by atoms with van der Waals surface area (Å²) in [4.78, 5) is 12.9. The zero-order valence-electron chi connectivity index (χ0n) is 9.94. The molecule has 0 bridgehead atoms. The van der Waals surface area contributed by atoms with Crippen LogP contribution in [0, 0.1) is 5.82 Å². The molecule has 1 aromatic carbocycles. The fourth-order valence-electron chi connectivity index (χ4n) is 1.48. The number of ether oxygens (including phenoxy) is 1. The highest BCUT2D eigenvalue weighted by atomic mass is 32.1. The summed E-state index contributed by atoms with van der Waals surface area (Å²) in [6, 6.07) is 4.37. The Morgan fingerprint density at radius 2 is 2.24 bits per heavy atom. The Morgan fingerprint density at radius 3 is 2.82 bits per heavy atom. The highest BCUT2D eigenvalue weighted by Crippen LogP contribution is 2.19. The number of methoxy groups -OCH3 is 1. The molecule has 1 amide bonds. The van der Waals surface area contributed by atoms with Crippen molar-refractivity contribution < 1.29 is 13.9 Å². The number of hydrogen-bond acceptors (Lipinski definition) is 3. The summed E-state index contributed by atoms with van der Waals surface area (Å²) in [5.41, 5.74) is 0.756. The van der Waals surface area contributed by atoms with E-state index < -0.39 is 0 Å². The first kappa shape index (κ1) is 13.8. The first-order chi connectivity index (χ1) is 8.08. The van der Waals surface area contributed by atoms with Crippen molar-refractivity contribution in [2.75, 3.05) is 26.5 Å². The summed E-state index contributed by atoms with van der Waals surface area (Å²) in [6.45, 7) is 0.513. The standard InChI is InChI=1S/C12H16FNO2S/c1-14(12(15)8-17)6-5-9-7-10(13)3-4-11(9)16-2/h3-4,7,17H,5-6,8H2,1-2H3. The monoisotopic (exact) mass is 257 g/mol. The molecule has 5 heteroatoms. The highest BCUT2D eigenvalue weighted by molar-refractivity contribution is 7.81. The highest BCUT2D eigenvalue weighted by Gasteiger charge is 2.09. The Balaban J connectivity index is 2.68. The minimum Gasteiger partial charge on any atom is -0.496 e. The van der Waals surface area contributed by atoms with Crippen molar-refractivity contribution in [2.45, 2.75) is 6.42 Å². The van der Waals surface area contributed by atoms with Crippen LogP contribution in [0.25, 0.3) is 0 Å². The van der Waals surface area contributed by atoms with Gasteiger partial charge < -0.3 is 9.64 Å². The number of thiol groups is 1. The quantitative estimate of drug-likeness (QED) is 0.815. The lowest BCUT2D eigenvalue weighted by atomic mass is 10.1. The van der Waals surface area contributed by atoms with Crippen LogP contribution in [-0.2, 0) is 11.2 Å². The number of likely N-dealkylation sites (N-methyl/N-ethyl adjacent to an activating group) is 1. The van der Waals surface area contributed by atoms with Gasteiger partial charge in [-0.05, 0) is 30.2 Å². The maximum atomic E-state index is 13.1. The minimum absolute atomic E-state index is 0.0521. The molecular weight excluding hydrogens is 241 g/mol. The number of carbonyl (C=O) groups is 1. The van der Waals surface area contributed by atoms with E-state index in [1.807, 2.05) is 0 Å². The second kappa shape index (κ2) is 6.49. The first-order valence-corrected chi connectivity index (χ1v) is 5.89. The van der Waals surface area contributed by atoms with E-state index in [-0.39, 0.29) is 17.5 Å². The second-order valence-corrected chi connectivity index (χ2v) is 4.00. The van der Waals surface area contributed by atoms with Gasteiger partial charge in [0.1, 0.15) is 11.6 Å². The Kier molecular flexibility index (Phi) is 5.28. The van der Waals surface area contributed by atoms with Crippen LogP contribution in [0.2, 0.25) is 0 Å². The van der Waals surface area contributed by atoms with Crippen LogP contribution in [0.1, 0.15) is 5.56 Å². The van der Waals surface area contributed by atoms with Crippen LogP contribution in [0.15, 0.2) is 18.2 Å². The molecular formula is C12H16FNO2S. The summed E-state index contributed by atoms with van der Waals surface area (Å²) >= 11 is 3.91. The third-order valence-electron chi connectivity index (χ3n) is 2.52. The Bertz CT molecular complexity index is 398. The summed E-state index contributed by atoms with van der Waals surface area (Å²) in [5, 5.41) is 0. The van der Waals surface area contributed by atoms with Gasteiger partial charge in [-0.1, -0.05) is 0 Å². The Labute approximate surface area is 106 Å². The fourth-order valence-corrected chi connectivity index (χ4v) is 1.72. The Morgan fingerprint density at radius 1 is 1.53 bits per heavy atom. The van der Waals surface area contributed by atoms with Crippen molar-refractivity contribution in [1.29, 1.82) is 0 Å². The molecule has 94 valence electrons. The lowest BCUT2D eigenvalue weighted by Gasteiger charge is -2.17. The SMILES string of the molecule is COc1ccc(F)cc1CCN(C)C(=O)CS. The van der Waals surface area contributed by atoms with E-state index in [9.17, 15) is 9.18 Å². The van der Waals surface area contributed by atoms with Crippen LogP contribution in [-0.4, -0.2) is 37.3 Å². The third-order valence-corrected chi connectivity index (χ3v) is 2.79. The van der Waals surface area contributed by atoms with E-state index in [1.54, 1.807) is 25.1 Å². The van der Waals surface area contributed by atoms with Gasteiger partial charge in [-0.3, -0.25) is 4.79 Å². The van der Waals surface area contributed by atoms with Gasteiger partial charge in [0.15, 0.2) is 0 Å². The largest absolute Gasteiger partial charge is 0.496 e. The number of nitrogens with zero attached hydrogens (tertiary/aromatic N) is 1. The average Bonchev–Trinajstić information content (AvgIpc) is 2.35. The van der Waals surface area contributed by atoms with Crippen molar-refractivity contribution in [2.24, 2.45) is 0 Å². The van der Waals surface area contributed by atoms with Crippen LogP contribution >= 0.6 is 12.6 Å². The van der Waals surface area contributed by atoms with Gasteiger partial charge in [0.2, 0.25) is 5.91 Å². The number of amides is 1. The molecule has 1 rings (SSSR count). The van der Waals surface area contributed by atoms with Crippen molar-refractivity contribution in [1.82, 2.24) is 4.90 Å².